The van der Waals surface area contributed by atoms with Gasteiger partial charge in [0, 0.05) is 0 Å². The summed E-state index contributed by atoms with van der Waals surface area (Å²) in [4.78, 5) is 10.5. The highest BCUT2D eigenvalue weighted by Gasteiger charge is 2.15. The van der Waals surface area contributed by atoms with Gasteiger partial charge in [-0.3, -0.25) is 4.79 Å². The summed E-state index contributed by atoms with van der Waals surface area (Å²) in [6.45, 7) is 1.52. The second-order valence-electron chi connectivity index (χ2n) is 2.38. The number of carbonyl (C=O) groups excluding carboxylic acids is 1. The Morgan fingerprint density at radius 1 is 1.33 bits per heavy atom. The lowest BCUT2D eigenvalue weighted by atomic mass is 10.1. The normalized spacial score (nSPS) is 10.0. The molecule has 1 aromatic carbocycles. The Labute approximate surface area is 73.0 Å². The molecule has 0 aliphatic heterocycles. The van der Waals surface area contributed by atoms with Gasteiger partial charge < -0.3 is 0 Å². The summed E-state index contributed by atoms with van der Waals surface area (Å²) in [6, 6.07) is 2.11. The van der Waals surface area contributed by atoms with E-state index in [9.17, 15) is 13.6 Å². The number of hydrogen-bond acceptors (Lipinski definition) is 1. The van der Waals surface area contributed by atoms with Crippen LogP contribution in [0, 0.1) is 18.6 Å². The Morgan fingerprint density at radius 2 is 1.75 bits per heavy atom. The van der Waals surface area contributed by atoms with Gasteiger partial charge in [-0.05, 0) is 36.2 Å². The lowest BCUT2D eigenvalue weighted by Crippen LogP contribution is -1.99. The summed E-state index contributed by atoms with van der Waals surface area (Å²) >= 11 is 4.95. The van der Waals surface area contributed by atoms with Crippen LogP contribution in [0.4, 0.5) is 8.78 Å². The van der Waals surface area contributed by atoms with Crippen molar-refractivity contribution >= 4 is 16.8 Å². The molecule has 0 aromatic heterocycles. The first-order valence-electron chi connectivity index (χ1n) is 3.18. The zero-order valence-electron chi connectivity index (χ0n) is 6.20. The van der Waals surface area contributed by atoms with Crippen molar-refractivity contribution in [3.63, 3.8) is 0 Å². The topological polar surface area (TPSA) is 17.1 Å². The van der Waals surface area contributed by atoms with E-state index in [0.717, 1.165) is 12.1 Å². The number of aryl methyl sites for hydroxylation is 1. The smallest absolute Gasteiger partial charge is 0.258 e. The standard InChI is InChI=1S/C8H5ClF2O/c1-4-2-5(10)7(8(9)12)6(11)3-4/h2-3H,1H3. The highest BCUT2D eigenvalue weighted by Crippen LogP contribution is 2.16. The minimum atomic E-state index is -1.12. The molecule has 1 aromatic rings. The second kappa shape index (κ2) is 3.19. The average molecular weight is 191 g/mol. The van der Waals surface area contributed by atoms with E-state index in [1.54, 1.807) is 0 Å². The van der Waals surface area contributed by atoms with Crippen LogP contribution in [0.3, 0.4) is 0 Å². The van der Waals surface area contributed by atoms with Crippen molar-refractivity contribution < 1.29 is 13.6 Å². The zero-order chi connectivity index (χ0) is 9.30. The predicted octanol–water partition coefficient (Wildman–Crippen LogP) is 2.65. The van der Waals surface area contributed by atoms with Gasteiger partial charge in [0.05, 0.1) is 0 Å². The molecular weight excluding hydrogens is 186 g/mol. The van der Waals surface area contributed by atoms with E-state index in [-0.39, 0.29) is 0 Å². The SMILES string of the molecule is Cc1cc(F)c(C(=O)Cl)c(F)c1. The molecule has 0 aliphatic carbocycles. The maximum Gasteiger partial charge on any atom is 0.258 e. The molecule has 0 heterocycles. The van der Waals surface area contributed by atoms with Crippen molar-refractivity contribution in [2.24, 2.45) is 0 Å². The third kappa shape index (κ3) is 1.61. The van der Waals surface area contributed by atoms with Crippen molar-refractivity contribution in [1.82, 2.24) is 0 Å². The quantitative estimate of drug-likeness (QED) is 0.623. The Bertz CT molecular complexity index is 313. The van der Waals surface area contributed by atoms with Crippen molar-refractivity contribution in [3.05, 3.63) is 34.9 Å². The van der Waals surface area contributed by atoms with Crippen molar-refractivity contribution in [2.75, 3.05) is 0 Å². The van der Waals surface area contributed by atoms with E-state index in [1.165, 1.54) is 6.92 Å². The lowest BCUT2D eigenvalue weighted by Gasteiger charge is -2.00. The van der Waals surface area contributed by atoms with E-state index in [2.05, 4.69) is 0 Å². The molecule has 64 valence electrons. The lowest BCUT2D eigenvalue weighted by molar-refractivity contribution is 0.107. The van der Waals surface area contributed by atoms with E-state index in [0.29, 0.717) is 5.56 Å². The molecule has 12 heavy (non-hydrogen) atoms. The van der Waals surface area contributed by atoms with Crippen molar-refractivity contribution in [2.45, 2.75) is 6.92 Å². The first-order chi connectivity index (χ1) is 5.52. The summed E-state index contributed by atoms with van der Waals surface area (Å²) in [5, 5.41) is -1.12. The van der Waals surface area contributed by atoms with E-state index in [4.69, 9.17) is 11.6 Å². The number of rotatable bonds is 1. The van der Waals surface area contributed by atoms with Gasteiger partial charge in [0.1, 0.15) is 17.2 Å². The highest BCUT2D eigenvalue weighted by molar-refractivity contribution is 6.67. The van der Waals surface area contributed by atoms with Crippen LogP contribution in [0.2, 0.25) is 0 Å². The third-order valence-electron chi connectivity index (χ3n) is 1.38. The Kier molecular flexibility index (Phi) is 2.43. The molecule has 0 saturated heterocycles. The van der Waals surface area contributed by atoms with Gasteiger partial charge >= 0.3 is 0 Å². The van der Waals surface area contributed by atoms with Crippen LogP contribution in [0.5, 0.6) is 0 Å². The summed E-state index contributed by atoms with van der Waals surface area (Å²) in [6.07, 6.45) is 0. The molecule has 0 fully saturated rings. The van der Waals surface area contributed by atoms with Crippen molar-refractivity contribution in [3.8, 4) is 0 Å². The van der Waals surface area contributed by atoms with Crippen LogP contribution in [0.15, 0.2) is 12.1 Å². The average Bonchev–Trinajstić information content (AvgIpc) is 1.82. The molecule has 0 unspecified atom stereocenters. The number of carbonyl (C=O) groups is 1. The first kappa shape index (κ1) is 9.13. The monoisotopic (exact) mass is 190 g/mol. The van der Waals surface area contributed by atoms with Crippen LogP contribution in [0.1, 0.15) is 15.9 Å². The summed E-state index contributed by atoms with van der Waals surface area (Å²) < 4.78 is 25.6. The molecular formula is C8H5ClF2O. The molecule has 0 atom stereocenters. The number of hydrogen-bond donors (Lipinski definition) is 0. The van der Waals surface area contributed by atoms with Gasteiger partial charge in [-0.15, -0.1) is 0 Å². The molecule has 0 spiro atoms. The van der Waals surface area contributed by atoms with Crippen molar-refractivity contribution in [1.29, 1.82) is 0 Å². The van der Waals surface area contributed by atoms with Crippen LogP contribution >= 0.6 is 11.6 Å². The molecule has 0 radical (unpaired) electrons. The van der Waals surface area contributed by atoms with E-state index in [1.807, 2.05) is 0 Å². The molecule has 4 heteroatoms. The van der Waals surface area contributed by atoms with Gasteiger partial charge in [-0.1, -0.05) is 0 Å². The fraction of sp³-hybridized carbons (Fsp3) is 0.125. The fourth-order valence-corrected chi connectivity index (χ4v) is 1.07. The maximum absolute atomic E-state index is 12.8. The largest absolute Gasteiger partial charge is 0.275 e. The van der Waals surface area contributed by atoms with Crippen LogP contribution < -0.4 is 0 Å². The van der Waals surface area contributed by atoms with Gasteiger partial charge in [0.2, 0.25) is 0 Å². The highest BCUT2D eigenvalue weighted by atomic mass is 35.5. The number of halogens is 3. The molecule has 0 bridgehead atoms. The summed E-state index contributed by atoms with van der Waals surface area (Å²) in [5.41, 5.74) is -0.283. The van der Waals surface area contributed by atoms with Crippen LogP contribution in [-0.4, -0.2) is 5.24 Å². The van der Waals surface area contributed by atoms with Gasteiger partial charge in [0.25, 0.3) is 5.24 Å². The Hall–Kier alpha value is -0.960. The van der Waals surface area contributed by atoms with Gasteiger partial charge in [-0.2, -0.15) is 0 Å². The molecule has 1 nitrogen and oxygen atoms in total. The number of benzene rings is 1. The van der Waals surface area contributed by atoms with Crippen LogP contribution in [-0.2, 0) is 0 Å². The van der Waals surface area contributed by atoms with Gasteiger partial charge in [0.15, 0.2) is 0 Å². The van der Waals surface area contributed by atoms with E-state index >= 15 is 0 Å². The zero-order valence-corrected chi connectivity index (χ0v) is 6.95. The van der Waals surface area contributed by atoms with Crippen LogP contribution in [0.25, 0.3) is 0 Å². The fourth-order valence-electron chi connectivity index (χ4n) is 0.888. The molecule has 0 aliphatic rings. The minimum Gasteiger partial charge on any atom is -0.275 e. The summed E-state index contributed by atoms with van der Waals surface area (Å²) in [5.74, 6) is -1.85. The molecule has 0 N–H and O–H groups in total. The third-order valence-corrected chi connectivity index (χ3v) is 1.57. The minimum absolute atomic E-state index is 0.409. The predicted molar refractivity (Wildman–Crippen MR) is 41.3 cm³/mol. The van der Waals surface area contributed by atoms with E-state index < -0.39 is 22.4 Å². The van der Waals surface area contributed by atoms with Gasteiger partial charge in [-0.25, -0.2) is 8.78 Å². The molecule has 0 saturated carbocycles. The first-order valence-corrected chi connectivity index (χ1v) is 3.55. The summed E-state index contributed by atoms with van der Waals surface area (Å²) in [7, 11) is 0. The second-order valence-corrected chi connectivity index (χ2v) is 2.72. The Balaban J connectivity index is 3.38. The molecule has 1 rings (SSSR count). The maximum atomic E-state index is 12.8. The molecule has 0 amide bonds. The Morgan fingerprint density at radius 3 is 2.08 bits per heavy atom.